The molecule has 0 saturated heterocycles. The number of hydrogen-bond acceptors (Lipinski definition) is 6. The van der Waals surface area contributed by atoms with Gasteiger partial charge in [-0.25, -0.2) is 4.79 Å². The lowest BCUT2D eigenvalue weighted by Gasteiger charge is -2.24. The maximum atomic E-state index is 12.2. The molecule has 0 rings (SSSR count). The average molecular weight is 362 g/mol. The Hall–Kier alpha value is -1.81. The topological polar surface area (TPSA) is 165 Å². The van der Waals surface area contributed by atoms with E-state index in [1.807, 2.05) is 6.92 Å². The average Bonchev–Trinajstić information content (AvgIpc) is 2.53. The highest BCUT2D eigenvalue weighted by Crippen LogP contribution is 2.07. The first-order chi connectivity index (χ1) is 11.1. The van der Waals surface area contributed by atoms with Crippen molar-refractivity contribution in [3.05, 3.63) is 0 Å². The van der Waals surface area contributed by atoms with E-state index >= 15 is 0 Å². The van der Waals surface area contributed by atoms with Gasteiger partial charge in [-0.2, -0.15) is 12.6 Å². The van der Waals surface area contributed by atoms with Crippen molar-refractivity contribution in [2.75, 3.05) is 5.75 Å². The lowest BCUT2D eigenvalue weighted by Crippen LogP contribution is -2.55. The highest BCUT2D eigenvalue weighted by molar-refractivity contribution is 7.80. The monoisotopic (exact) mass is 362 g/mol. The van der Waals surface area contributed by atoms with Crippen LogP contribution < -0.4 is 22.1 Å². The molecule has 0 saturated carbocycles. The first-order valence-corrected chi connectivity index (χ1v) is 8.25. The minimum atomic E-state index is -1.25. The largest absolute Gasteiger partial charge is 0.480 e. The number of rotatable bonds is 11. The van der Waals surface area contributed by atoms with Crippen molar-refractivity contribution < 1.29 is 24.3 Å². The predicted molar refractivity (Wildman–Crippen MR) is 91.2 cm³/mol. The molecule has 0 aromatic heterocycles. The molecule has 0 heterocycles. The third-order valence-electron chi connectivity index (χ3n) is 3.67. The summed E-state index contributed by atoms with van der Waals surface area (Å²) in [5, 5.41) is 13.7. The quantitative estimate of drug-likeness (QED) is 0.248. The molecule has 24 heavy (non-hydrogen) atoms. The van der Waals surface area contributed by atoms with Gasteiger partial charge in [-0.3, -0.25) is 14.4 Å². The zero-order valence-electron chi connectivity index (χ0n) is 13.8. The summed E-state index contributed by atoms with van der Waals surface area (Å²) in [5.74, 6) is -3.40. The maximum absolute atomic E-state index is 12.2. The Bertz CT molecular complexity index is 474. The van der Waals surface area contributed by atoms with E-state index in [1.54, 1.807) is 6.92 Å². The number of carboxylic acid groups (broad SMARTS) is 1. The Labute approximate surface area is 146 Å². The second-order valence-corrected chi connectivity index (χ2v) is 5.92. The van der Waals surface area contributed by atoms with Crippen LogP contribution in [0.5, 0.6) is 0 Å². The number of carbonyl (C=O) groups is 4. The molecule has 9 nitrogen and oxygen atoms in total. The van der Waals surface area contributed by atoms with Crippen LogP contribution in [0, 0.1) is 5.92 Å². The third-order valence-corrected chi connectivity index (χ3v) is 4.03. The SMILES string of the molecule is CC[C@H](C)[C@H](N)C(=O)N[C@@H](CCC(N)=O)C(=O)N[C@@H](CS)C(=O)O. The number of hydrogen-bond donors (Lipinski definition) is 6. The summed E-state index contributed by atoms with van der Waals surface area (Å²) in [5.41, 5.74) is 10.9. The van der Waals surface area contributed by atoms with E-state index in [0.29, 0.717) is 6.42 Å². The Balaban J connectivity index is 5.02. The second kappa shape index (κ2) is 10.9. The summed E-state index contributed by atoms with van der Waals surface area (Å²) < 4.78 is 0. The molecular weight excluding hydrogens is 336 g/mol. The first-order valence-electron chi connectivity index (χ1n) is 7.62. The van der Waals surface area contributed by atoms with Crippen LogP contribution in [-0.4, -0.2) is 52.7 Å². The molecule has 10 heteroatoms. The van der Waals surface area contributed by atoms with Crippen LogP contribution in [0.25, 0.3) is 0 Å². The molecule has 7 N–H and O–H groups in total. The van der Waals surface area contributed by atoms with Crippen LogP contribution in [0.4, 0.5) is 0 Å². The van der Waals surface area contributed by atoms with Gasteiger partial charge in [0.2, 0.25) is 17.7 Å². The summed E-state index contributed by atoms with van der Waals surface area (Å²) in [6.45, 7) is 3.67. The maximum Gasteiger partial charge on any atom is 0.327 e. The van der Waals surface area contributed by atoms with Gasteiger partial charge in [-0.05, 0) is 12.3 Å². The number of carbonyl (C=O) groups excluding carboxylic acids is 3. The molecule has 0 aliphatic rings. The van der Waals surface area contributed by atoms with Gasteiger partial charge in [-0.15, -0.1) is 0 Å². The van der Waals surface area contributed by atoms with Crippen LogP contribution in [-0.2, 0) is 19.2 Å². The summed E-state index contributed by atoms with van der Waals surface area (Å²) >= 11 is 3.85. The van der Waals surface area contributed by atoms with Crippen molar-refractivity contribution in [2.45, 2.75) is 51.2 Å². The molecule has 0 aliphatic carbocycles. The van der Waals surface area contributed by atoms with Gasteiger partial charge in [-0.1, -0.05) is 20.3 Å². The number of primary amides is 1. The van der Waals surface area contributed by atoms with Crippen LogP contribution in [0.2, 0.25) is 0 Å². The molecule has 138 valence electrons. The minimum Gasteiger partial charge on any atom is -0.480 e. The highest BCUT2D eigenvalue weighted by Gasteiger charge is 2.28. The van der Waals surface area contributed by atoms with Crippen LogP contribution >= 0.6 is 12.6 Å². The number of nitrogens with two attached hydrogens (primary N) is 2. The van der Waals surface area contributed by atoms with Crippen molar-refractivity contribution in [3.63, 3.8) is 0 Å². The summed E-state index contributed by atoms with van der Waals surface area (Å²) in [7, 11) is 0. The van der Waals surface area contributed by atoms with E-state index < -0.39 is 41.8 Å². The molecule has 0 aromatic carbocycles. The third kappa shape index (κ3) is 7.64. The zero-order chi connectivity index (χ0) is 18.9. The van der Waals surface area contributed by atoms with Crippen molar-refractivity contribution in [3.8, 4) is 0 Å². The molecule has 0 spiro atoms. The van der Waals surface area contributed by atoms with Crippen molar-refractivity contribution in [1.82, 2.24) is 10.6 Å². The van der Waals surface area contributed by atoms with Crippen molar-refractivity contribution in [1.29, 1.82) is 0 Å². The molecule has 4 atom stereocenters. The normalized spacial score (nSPS) is 15.7. The molecule has 0 aliphatic heterocycles. The Morgan fingerprint density at radius 3 is 2.08 bits per heavy atom. The second-order valence-electron chi connectivity index (χ2n) is 5.56. The smallest absolute Gasteiger partial charge is 0.327 e. The van der Waals surface area contributed by atoms with E-state index in [2.05, 4.69) is 23.3 Å². The molecule has 0 bridgehead atoms. The van der Waals surface area contributed by atoms with E-state index in [0.717, 1.165) is 0 Å². The summed E-state index contributed by atoms with van der Waals surface area (Å²) in [6, 6.07) is -3.14. The van der Waals surface area contributed by atoms with E-state index in [4.69, 9.17) is 16.6 Å². The number of thiol groups is 1. The number of nitrogens with one attached hydrogen (secondary N) is 2. The fraction of sp³-hybridized carbons (Fsp3) is 0.714. The van der Waals surface area contributed by atoms with E-state index in [1.165, 1.54) is 0 Å². The van der Waals surface area contributed by atoms with E-state index in [9.17, 15) is 19.2 Å². The Kier molecular flexibility index (Phi) is 10.0. The molecular formula is C14H26N4O5S. The number of aliphatic carboxylic acids is 1. The minimum absolute atomic E-state index is 0.0565. The number of carboxylic acids is 1. The molecule has 0 aromatic rings. The summed E-state index contributed by atoms with van der Waals surface area (Å²) in [4.78, 5) is 46.2. The van der Waals surface area contributed by atoms with Gasteiger partial charge >= 0.3 is 5.97 Å². The van der Waals surface area contributed by atoms with Crippen LogP contribution in [0.15, 0.2) is 0 Å². The summed E-state index contributed by atoms with van der Waals surface area (Å²) in [6.07, 6.45) is 0.474. The van der Waals surface area contributed by atoms with Crippen LogP contribution in [0.1, 0.15) is 33.1 Å². The standard InChI is InChI=1S/C14H26N4O5S/c1-3-7(2)11(16)13(21)17-8(4-5-10(15)19)12(20)18-9(6-24)14(22)23/h7-9,11,24H,3-6,16H2,1-2H3,(H2,15,19)(H,17,21)(H,18,20)(H,22,23)/t7-,8-,9-,11-/m0/s1. The predicted octanol–water partition coefficient (Wildman–Crippen LogP) is -1.39. The first kappa shape index (κ1) is 22.2. The van der Waals surface area contributed by atoms with Crippen molar-refractivity contribution in [2.24, 2.45) is 17.4 Å². The Morgan fingerprint density at radius 1 is 1.12 bits per heavy atom. The lowest BCUT2D eigenvalue weighted by atomic mass is 9.98. The van der Waals surface area contributed by atoms with Crippen molar-refractivity contribution >= 4 is 36.3 Å². The van der Waals surface area contributed by atoms with Gasteiger partial charge in [0.05, 0.1) is 6.04 Å². The van der Waals surface area contributed by atoms with Gasteiger partial charge in [0, 0.05) is 12.2 Å². The highest BCUT2D eigenvalue weighted by atomic mass is 32.1. The number of amides is 3. The van der Waals surface area contributed by atoms with E-state index in [-0.39, 0.29) is 24.5 Å². The Morgan fingerprint density at radius 2 is 1.67 bits per heavy atom. The fourth-order valence-electron chi connectivity index (χ4n) is 1.79. The lowest BCUT2D eigenvalue weighted by molar-refractivity contribution is -0.141. The van der Waals surface area contributed by atoms with Gasteiger partial charge < -0.3 is 27.2 Å². The molecule has 0 radical (unpaired) electrons. The van der Waals surface area contributed by atoms with Crippen LogP contribution in [0.3, 0.4) is 0 Å². The van der Waals surface area contributed by atoms with Gasteiger partial charge in [0.15, 0.2) is 0 Å². The zero-order valence-corrected chi connectivity index (χ0v) is 14.7. The molecule has 0 fully saturated rings. The van der Waals surface area contributed by atoms with Gasteiger partial charge in [0.25, 0.3) is 0 Å². The van der Waals surface area contributed by atoms with Gasteiger partial charge in [0.1, 0.15) is 12.1 Å². The molecule has 0 unspecified atom stereocenters. The fourth-order valence-corrected chi connectivity index (χ4v) is 2.04. The molecule has 3 amide bonds.